The van der Waals surface area contributed by atoms with Crippen LogP contribution in [0.5, 0.6) is 17.2 Å². The molecular formula is C21H20BrN3O5. The van der Waals surface area contributed by atoms with Gasteiger partial charge in [0.15, 0.2) is 11.5 Å². The standard InChI is InChI=1S/C21H20BrN3O5/c1-27-16-9-15(10-17(28-2)19(16)29-3)25-11-13(8-18(25)26)21-23-20(24-30-21)12-4-6-14(22)7-5-12/h4-7,9-10,13H,8,11H2,1-3H3. The Morgan fingerprint density at radius 2 is 1.73 bits per heavy atom. The highest BCUT2D eigenvalue weighted by Gasteiger charge is 2.36. The average molecular weight is 474 g/mol. The van der Waals surface area contributed by atoms with Crippen LogP contribution in [0.4, 0.5) is 5.69 Å². The van der Waals surface area contributed by atoms with Crippen molar-refractivity contribution in [2.45, 2.75) is 12.3 Å². The Morgan fingerprint density at radius 3 is 2.33 bits per heavy atom. The van der Waals surface area contributed by atoms with Gasteiger partial charge >= 0.3 is 0 Å². The second-order valence-corrected chi connectivity index (χ2v) is 7.67. The number of hydrogen-bond acceptors (Lipinski definition) is 7. The molecule has 0 saturated carbocycles. The topological polar surface area (TPSA) is 86.9 Å². The average Bonchev–Trinajstić information content (AvgIpc) is 3.40. The van der Waals surface area contributed by atoms with Crippen LogP contribution < -0.4 is 19.1 Å². The second-order valence-electron chi connectivity index (χ2n) is 6.75. The number of aromatic nitrogens is 2. The highest BCUT2D eigenvalue weighted by atomic mass is 79.9. The van der Waals surface area contributed by atoms with Gasteiger partial charge in [-0.1, -0.05) is 21.1 Å². The lowest BCUT2D eigenvalue weighted by Gasteiger charge is -2.20. The van der Waals surface area contributed by atoms with Gasteiger partial charge in [0, 0.05) is 35.1 Å². The predicted molar refractivity (Wildman–Crippen MR) is 113 cm³/mol. The molecule has 4 rings (SSSR count). The van der Waals surface area contributed by atoms with Crippen LogP contribution in [0.3, 0.4) is 0 Å². The quantitative estimate of drug-likeness (QED) is 0.533. The van der Waals surface area contributed by atoms with Crippen LogP contribution in [0.2, 0.25) is 0 Å². The van der Waals surface area contributed by atoms with Gasteiger partial charge in [0.1, 0.15) is 0 Å². The lowest BCUT2D eigenvalue weighted by molar-refractivity contribution is -0.117. The van der Waals surface area contributed by atoms with E-state index in [1.807, 2.05) is 24.3 Å². The Labute approximate surface area is 181 Å². The minimum Gasteiger partial charge on any atom is -0.493 e. The SMILES string of the molecule is COc1cc(N2CC(c3nc(-c4ccc(Br)cc4)no3)CC2=O)cc(OC)c1OC. The maximum absolute atomic E-state index is 12.7. The fraction of sp³-hybridized carbons (Fsp3) is 0.286. The Balaban J connectivity index is 1.59. The van der Waals surface area contributed by atoms with Gasteiger partial charge in [-0.05, 0) is 24.3 Å². The van der Waals surface area contributed by atoms with Gasteiger partial charge in [-0.25, -0.2) is 0 Å². The molecule has 0 radical (unpaired) electrons. The highest BCUT2D eigenvalue weighted by Crippen LogP contribution is 2.43. The normalized spacial score (nSPS) is 16.1. The van der Waals surface area contributed by atoms with Gasteiger partial charge < -0.3 is 23.6 Å². The monoisotopic (exact) mass is 473 g/mol. The molecule has 1 aliphatic rings. The molecule has 1 aliphatic heterocycles. The van der Waals surface area contributed by atoms with Crippen molar-refractivity contribution in [2.24, 2.45) is 0 Å². The molecule has 2 heterocycles. The molecule has 0 N–H and O–H groups in total. The highest BCUT2D eigenvalue weighted by molar-refractivity contribution is 9.10. The smallest absolute Gasteiger partial charge is 0.232 e. The minimum atomic E-state index is -0.201. The summed E-state index contributed by atoms with van der Waals surface area (Å²) in [5.74, 6) is 2.14. The number of methoxy groups -OCH3 is 3. The van der Waals surface area contributed by atoms with E-state index in [1.165, 1.54) is 21.3 Å². The first-order chi connectivity index (χ1) is 14.5. The largest absolute Gasteiger partial charge is 0.493 e. The summed E-state index contributed by atoms with van der Waals surface area (Å²) in [4.78, 5) is 18.9. The summed E-state index contributed by atoms with van der Waals surface area (Å²) in [5.41, 5.74) is 1.50. The zero-order chi connectivity index (χ0) is 21.3. The molecule has 0 bridgehead atoms. The van der Waals surface area contributed by atoms with E-state index in [2.05, 4.69) is 26.1 Å². The van der Waals surface area contributed by atoms with Crippen molar-refractivity contribution in [3.8, 4) is 28.6 Å². The number of halogens is 1. The Kier molecular flexibility index (Phi) is 5.63. The van der Waals surface area contributed by atoms with Crippen molar-refractivity contribution in [3.05, 3.63) is 46.8 Å². The van der Waals surface area contributed by atoms with E-state index in [4.69, 9.17) is 18.7 Å². The molecule has 1 atom stereocenters. The number of hydrogen-bond donors (Lipinski definition) is 0. The second kappa shape index (κ2) is 8.35. The number of rotatable bonds is 6. The van der Waals surface area contributed by atoms with Gasteiger partial charge in [-0.3, -0.25) is 4.79 Å². The number of carbonyl (C=O) groups is 1. The molecule has 30 heavy (non-hydrogen) atoms. The molecule has 8 nitrogen and oxygen atoms in total. The zero-order valence-corrected chi connectivity index (χ0v) is 18.3. The molecule has 1 fully saturated rings. The number of nitrogens with zero attached hydrogens (tertiary/aromatic N) is 3. The number of ether oxygens (including phenoxy) is 3. The third kappa shape index (κ3) is 3.72. The molecule has 3 aromatic rings. The van der Waals surface area contributed by atoms with E-state index >= 15 is 0 Å². The third-order valence-electron chi connectivity index (χ3n) is 4.98. The van der Waals surface area contributed by atoms with Crippen molar-refractivity contribution < 1.29 is 23.5 Å². The van der Waals surface area contributed by atoms with Gasteiger partial charge in [-0.15, -0.1) is 0 Å². The molecule has 1 unspecified atom stereocenters. The van der Waals surface area contributed by atoms with Crippen molar-refractivity contribution in [3.63, 3.8) is 0 Å². The lowest BCUT2D eigenvalue weighted by Crippen LogP contribution is -2.24. The van der Waals surface area contributed by atoms with Crippen LogP contribution in [0.25, 0.3) is 11.4 Å². The van der Waals surface area contributed by atoms with Crippen LogP contribution in [-0.2, 0) is 4.79 Å². The lowest BCUT2D eigenvalue weighted by atomic mass is 10.1. The number of benzene rings is 2. The summed E-state index contributed by atoms with van der Waals surface area (Å²) < 4.78 is 22.6. The molecule has 1 aromatic heterocycles. The summed E-state index contributed by atoms with van der Waals surface area (Å²) in [6, 6.07) is 11.1. The molecule has 1 amide bonds. The van der Waals surface area contributed by atoms with E-state index < -0.39 is 0 Å². The van der Waals surface area contributed by atoms with Gasteiger partial charge in [-0.2, -0.15) is 4.98 Å². The number of anilines is 1. The van der Waals surface area contributed by atoms with Crippen LogP contribution >= 0.6 is 15.9 Å². The molecule has 2 aromatic carbocycles. The Bertz CT molecular complexity index is 1040. The van der Waals surface area contributed by atoms with E-state index in [9.17, 15) is 4.79 Å². The molecule has 0 spiro atoms. The first-order valence-corrected chi connectivity index (χ1v) is 10.0. The fourth-order valence-corrected chi connectivity index (χ4v) is 3.73. The van der Waals surface area contributed by atoms with E-state index in [0.717, 1.165) is 10.0 Å². The van der Waals surface area contributed by atoms with Crippen LogP contribution in [0.15, 0.2) is 45.4 Å². The Hall–Kier alpha value is -3.07. The van der Waals surface area contributed by atoms with Gasteiger partial charge in [0.05, 0.1) is 32.9 Å². The van der Waals surface area contributed by atoms with Crippen molar-refractivity contribution in [1.82, 2.24) is 10.1 Å². The zero-order valence-electron chi connectivity index (χ0n) is 16.7. The first kappa shape index (κ1) is 20.2. The molecule has 9 heteroatoms. The predicted octanol–water partition coefficient (Wildman–Crippen LogP) is 4.05. The van der Waals surface area contributed by atoms with Crippen molar-refractivity contribution >= 4 is 27.5 Å². The van der Waals surface area contributed by atoms with Crippen molar-refractivity contribution in [2.75, 3.05) is 32.8 Å². The van der Waals surface area contributed by atoms with Crippen LogP contribution in [0.1, 0.15) is 18.2 Å². The molecule has 156 valence electrons. The van der Waals surface area contributed by atoms with E-state index in [-0.39, 0.29) is 18.2 Å². The summed E-state index contributed by atoms with van der Waals surface area (Å²) >= 11 is 3.41. The first-order valence-electron chi connectivity index (χ1n) is 9.24. The summed E-state index contributed by atoms with van der Waals surface area (Å²) in [7, 11) is 4.62. The molecule has 0 aliphatic carbocycles. The van der Waals surface area contributed by atoms with E-state index in [1.54, 1.807) is 17.0 Å². The maximum Gasteiger partial charge on any atom is 0.232 e. The van der Waals surface area contributed by atoms with Gasteiger partial charge in [0.25, 0.3) is 0 Å². The molecule has 1 saturated heterocycles. The summed E-state index contributed by atoms with van der Waals surface area (Å²) in [6.07, 6.45) is 0.276. The minimum absolute atomic E-state index is 0.0438. The number of amides is 1. The molecular weight excluding hydrogens is 454 g/mol. The Morgan fingerprint density at radius 1 is 1.07 bits per heavy atom. The number of carbonyl (C=O) groups excluding carboxylic acids is 1. The van der Waals surface area contributed by atoms with Crippen molar-refractivity contribution in [1.29, 1.82) is 0 Å². The summed E-state index contributed by atoms with van der Waals surface area (Å²) in [5, 5.41) is 4.07. The van der Waals surface area contributed by atoms with E-state index in [0.29, 0.717) is 41.2 Å². The van der Waals surface area contributed by atoms with Crippen LogP contribution in [-0.4, -0.2) is 43.9 Å². The summed E-state index contributed by atoms with van der Waals surface area (Å²) in [6.45, 7) is 0.416. The maximum atomic E-state index is 12.7. The van der Waals surface area contributed by atoms with Gasteiger partial charge in [0.2, 0.25) is 23.4 Å². The third-order valence-corrected chi connectivity index (χ3v) is 5.51. The fourth-order valence-electron chi connectivity index (χ4n) is 3.46. The van der Waals surface area contributed by atoms with Crippen LogP contribution in [0, 0.1) is 0 Å².